The molecule has 1 amide bonds. The highest BCUT2D eigenvalue weighted by molar-refractivity contribution is 5.96. The van der Waals surface area contributed by atoms with E-state index in [4.69, 9.17) is 14.7 Å². The number of rotatable bonds is 8. The molecule has 0 saturated heterocycles. The highest BCUT2D eigenvalue weighted by atomic mass is 16.5. The van der Waals surface area contributed by atoms with E-state index in [0.717, 1.165) is 25.7 Å². The van der Waals surface area contributed by atoms with Crippen LogP contribution in [0.3, 0.4) is 0 Å². The second kappa shape index (κ2) is 10.7. The summed E-state index contributed by atoms with van der Waals surface area (Å²) in [6, 6.07) is 12.2. The molecule has 3 aromatic rings. The van der Waals surface area contributed by atoms with Gasteiger partial charge in [-0.25, -0.2) is 4.98 Å². The summed E-state index contributed by atoms with van der Waals surface area (Å²) in [7, 11) is 0. The number of nitrogens with zero attached hydrogens (tertiary/aromatic N) is 5. The molecule has 2 heterocycles. The van der Waals surface area contributed by atoms with Crippen LogP contribution in [0.5, 0.6) is 11.6 Å². The van der Waals surface area contributed by atoms with Crippen molar-refractivity contribution in [2.24, 2.45) is 5.92 Å². The first-order chi connectivity index (χ1) is 16.1. The summed E-state index contributed by atoms with van der Waals surface area (Å²) in [5, 5.41) is 26.0. The molecule has 33 heavy (non-hydrogen) atoms. The topological polar surface area (TPSA) is 139 Å². The molecule has 10 heteroatoms. The van der Waals surface area contributed by atoms with Gasteiger partial charge in [0, 0.05) is 12.7 Å². The lowest BCUT2D eigenvalue weighted by Crippen LogP contribution is -2.33. The van der Waals surface area contributed by atoms with E-state index in [-0.39, 0.29) is 24.0 Å². The Bertz CT molecular complexity index is 1110. The van der Waals surface area contributed by atoms with Gasteiger partial charge in [-0.3, -0.25) is 4.79 Å². The summed E-state index contributed by atoms with van der Waals surface area (Å²) in [5.41, 5.74) is 0.825. The van der Waals surface area contributed by atoms with Crippen molar-refractivity contribution in [3.63, 3.8) is 0 Å². The van der Waals surface area contributed by atoms with Gasteiger partial charge in [0.15, 0.2) is 0 Å². The number of tetrazole rings is 1. The summed E-state index contributed by atoms with van der Waals surface area (Å²) in [6.45, 7) is 2.49. The lowest BCUT2D eigenvalue weighted by Gasteiger charge is -2.30. The van der Waals surface area contributed by atoms with Gasteiger partial charge >= 0.3 is 0 Å². The maximum atomic E-state index is 12.8. The van der Waals surface area contributed by atoms with Gasteiger partial charge in [0.1, 0.15) is 17.4 Å². The number of carbonyl (C=O) groups excluding carboxylic acids is 1. The molecule has 0 spiro atoms. The smallest absolute Gasteiger partial charge is 0.256 e. The fourth-order valence-corrected chi connectivity index (χ4v) is 3.88. The second-order valence-electron chi connectivity index (χ2n) is 8.00. The van der Waals surface area contributed by atoms with Crippen molar-refractivity contribution in [2.75, 3.05) is 6.54 Å². The molecule has 1 atom stereocenters. The third-order valence-electron chi connectivity index (χ3n) is 5.66. The van der Waals surface area contributed by atoms with Gasteiger partial charge < -0.3 is 14.8 Å². The number of hydrogen-bond donors (Lipinski definition) is 2. The predicted octanol–water partition coefficient (Wildman–Crippen LogP) is 3.33. The molecule has 10 nitrogen and oxygen atoms in total. The van der Waals surface area contributed by atoms with E-state index in [0.29, 0.717) is 35.2 Å². The van der Waals surface area contributed by atoms with Crippen LogP contribution < -0.4 is 10.1 Å². The van der Waals surface area contributed by atoms with Gasteiger partial charge in [-0.15, -0.1) is 10.2 Å². The zero-order chi connectivity index (χ0) is 23.0. The molecule has 1 aliphatic rings. The van der Waals surface area contributed by atoms with Gasteiger partial charge in [0.05, 0.1) is 17.7 Å². The van der Waals surface area contributed by atoms with Gasteiger partial charge in [-0.2, -0.15) is 10.5 Å². The Morgan fingerprint density at radius 2 is 2.12 bits per heavy atom. The zero-order valence-corrected chi connectivity index (χ0v) is 18.3. The predicted molar refractivity (Wildman–Crippen MR) is 117 cm³/mol. The van der Waals surface area contributed by atoms with E-state index in [9.17, 15) is 4.79 Å². The van der Waals surface area contributed by atoms with Crippen LogP contribution in [0.1, 0.15) is 60.5 Å². The van der Waals surface area contributed by atoms with Gasteiger partial charge in [-0.1, -0.05) is 11.3 Å². The Kier molecular flexibility index (Phi) is 7.22. The van der Waals surface area contributed by atoms with Crippen molar-refractivity contribution in [3.8, 4) is 17.7 Å². The van der Waals surface area contributed by atoms with E-state index in [1.807, 2.05) is 6.92 Å². The Morgan fingerprint density at radius 1 is 1.27 bits per heavy atom. The van der Waals surface area contributed by atoms with Crippen LogP contribution >= 0.6 is 0 Å². The molecule has 0 bridgehead atoms. The number of nitrogens with one attached hydrogen (secondary N) is 2. The quantitative estimate of drug-likeness (QED) is 0.536. The van der Waals surface area contributed by atoms with Crippen molar-refractivity contribution in [1.82, 2.24) is 30.9 Å². The number of amides is 1. The summed E-state index contributed by atoms with van der Waals surface area (Å²) < 4.78 is 11.8. The maximum Gasteiger partial charge on any atom is 0.256 e. The van der Waals surface area contributed by atoms with Crippen molar-refractivity contribution in [2.45, 2.75) is 44.8 Å². The number of hydrogen-bond acceptors (Lipinski definition) is 8. The Morgan fingerprint density at radius 3 is 2.88 bits per heavy atom. The first-order valence-corrected chi connectivity index (χ1v) is 10.9. The molecule has 1 saturated carbocycles. The molecular weight excluding hydrogens is 422 g/mol. The number of H-pyrrole nitrogens is 1. The fraction of sp³-hybridized carbons (Fsp3) is 0.391. The van der Waals surface area contributed by atoms with Gasteiger partial charge in [0.25, 0.3) is 5.91 Å². The summed E-state index contributed by atoms with van der Waals surface area (Å²) in [4.78, 5) is 17.0. The number of nitriles is 1. The molecule has 1 aliphatic carbocycles. The molecule has 4 rings (SSSR count). The average Bonchev–Trinajstić information content (AvgIpc) is 3.39. The average molecular weight is 447 g/mol. The lowest BCUT2D eigenvalue weighted by molar-refractivity contribution is -0.0330. The standard InChI is InChI=1S/C23H25N7O3/c1-15(21-27-29-30-28-21)32-18-9-7-16(8-10-18)14-26-22(31)20-6-3-11-25-23(20)33-19-5-2-4-17(12-19)13-24/h2-6,11-12,15-16,18H,7-10,14H2,1H3,(H,26,31)(H,27,28,29,30). The van der Waals surface area contributed by atoms with Crippen LogP contribution in [0.25, 0.3) is 0 Å². The van der Waals surface area contributed by atoms with Crippen molar-refractivity contribution >= 4 is 5.91 Å². The SMILES string of the molecule is CC(OC1CCC(CNC(=O)c2cccnc2Oc2cccc(C#N)c2)CC1)c1nn[nH]n1. The Hall–Kier alpha value is -3.84. The van der Waals surface area contributed by atoms with E-state index in [1.165, 1.54) is 0 Å². The first-order valence-electron chi connectivity index (χ1n) is 10.9. The molecule has 1 unspecified atom stereocenters. The summed E-state index contributed by atoms with van der Waals surface area (Å²) in [5.74, 6) is 1.35. The molecular formula is C23H25N7O3. The van der Waals surface area contributed by atoms with Crippen LogP contribution in [-0.2, 0) is 4.74 Å². The minimum absolute atomic E-state index is 0.146. The molecule has 170 valence electrons. The number of aromatic nitrogens is 5. The van der Waals surface area contributed by atoms with Crippen LogP contribution in [0.4, 0.5) is 0 Å². The fourth-order valence-electron chi connectivity index (χ4n) is 3.88. The lowest BCUT2D eigenvalue weighted by atomic mass is 9.87. The van der Waals surface area contributed by atoms with Gasteiger partial charge in [0.2, 0.25) is 11.7 Å². The maximum absolute atomic E-state index is 12.8. The van der Waals surface area contributed by atoms with E-state index in [2.05, 4.69) is 37.0 Å². The van der Waals surface area contributed by atoms with Crippen molar-refractivity contribution in [3.05, 3.63) is 59.5 Å². The Balaban J connectivity index is 1.28. The molecule has 1 fully saturated rings. The number of benzene rings is 1. The number of carbonyl (C=O) groups is 1. The molecule has 0 radical (unpaired) electrons. The number of aromatic amines is 1. The van der Waals surface area contributed by atoms with Crippen LogP contribution in [0, 0.1) is 17.2 Å². The number of pyridine rings is 1. The minimum atomic E-state index is -0.237. The van der Waals surface area contributed by atoms with E-state index < -0.39 is 0 Å². The van der Waals surface area contributed by atoms with Gasteiger partial charge in [-0.05, 0) is 68.9 Å². The van der Waals surface area contributed by atoms with Crippen LogP contribution in [-0.4, -0.2) is 44.2 Å². The highest BCUT2D eigenvalue weighted by Gasteiger charge is 2.25. The van der Waals surface area contributed by atoms with Crippen molar-refractivity contribution in [1.29, 1.82) is 5.26 Å². The van der Waals surface area contributed by atoms with E-state index in [1.54, 1.807) is 42.6 Å². The monoisotopic (exact) mass is 447 g/mol. The van der Waals surface area contributed by atoms with Crippen LogP contribution in [0.2, 0.25) is 0 Å². The molecule has 2 aromatic heterocycles. The first kappa shape index (κ1) is 22.4. The number of ether oxygens (including phenoxy) is 2. The van der Waals surface area contributed by atoms with E-state index >= 15 is 0 Å². The largest absolute Gasteiger partial charge is 0.438 e. The Labute approximate surface area is 191 Å². The summed E-state index contributed by atoms with van der Waals surface area (Å²) in [6.07, 6.45) is 5.26. The zero-order valence-electron chi connectivity index (χ0n) is 18.3. The normalized spacial score (nSPS) is 18.8. The second-order valence-corrected chi connectivity index (χ2v) is 8.00. The molecule has 2 N–H and O–H groups in total. The van der Waals surface area contributed by atoms with Crippen LogP contribution in [0.15, 0.2) is 42.6 Å². The third kappa shape index (κ3) is 5.90. The minimum Gasteiger partial charge on any atom is -0.438 e. The highest BCUT2D eigenvalue weighted by Crippen LogP contribution is 2.29. The summed E-state index contributed by atoms with van der Waals surface area (Å²) >= 11 is 0. The molecule has 1 aromatic carbocycles. The third-order valence-corrected chi connectivity index (χ3v) is 5.66. The molecule has 0 aliphatic heterocycles. The van der Waals surface area contributed by atoms with Crippen molar-refractivity contribution < 1.29 is 14.3 Å².